The summed E-state index contributed by atoms with van der Waals surface area (Å²) in [7, 11) is 1.62. The van der Waals surface area contributed by atoms with Gasteiger partial charge in [-0.05, 0) is 28.2 Å². The van der Waals surface area contributed by atoms with Crippen LogP contribution in [-0.2, 0) is 13.1 Å². The quantitative estimate of drug-likeness (QED) is 0.484. The number of hydrogen-bond acceptors (Lipinski definition) is 7. The fourth-order valence-corrected chi connectivity index (χ4v) is 3.36. The van der Waals surface area contributed by atoms with E-state index in [0.717, 1.165) is 30.8 Å². The molecule has 0 saturated carbocycles. The van der Waals surface area contributed by atoms with Gasteiger partial charge in [-0.1, -0.05) is 24.3 Å². The summed E-state index contributed by atoms with van der Waals surface area (Å²) in [5.41, 5.74) is 3.18. The van der Waals surface area contributed by atoms with Crippen LogP contribution in [0, 0.1) is 10.1 Å². The first-order valence-electron chi connectivity index (χ1n) is 9.29. The molecule has 0 N–H and O–H groups in total. The average molecular weight is 395 g/mol. The van der Waals surface area contributed by atoms with Crippen LogP contribution in [0.2, 0.25) is 0 Å². The number of aromatic nitrogens is 3. The Morgan fingerprint density at radius 1 is 1.21 bits per heavy atom. The van der Waals surface area contributed by atoms with E-state index in [9.17, 15) is 10.1 Å². The Labute approximate surface area is 167 Å². The molecular formula is C20H21N5O4. The number of ether oxygens (including phenoxy) is 2. The summed E-state index contributed by atoms with van der Waals surface area (Å²) in [4.78, 5) is 20.8. The molecule has 1 aliphatic rings. The van der Waals surface area contributed by atoms with Crippen LogP contribution >= 0.6 is 0 Å². The first-order chi connectivity index (χ1) is 14.1. The number of nitrogens with zero attached hydrogens (tertiary/aromatic N) is 5. The van der Waals surface area contributed by atoms with E-state index in [1.54, 1.807) is 17.9 Å². The van der Waals surface area contributed by atoms with Gasteiger partial charge in [-0.2, -0.15) is 0 Å². The molecule has 0 radical (unpaired) electrons. The van der Waals surface area contributed by atoms with Gasteiger partial charge in [-0.3, -0.25) is 9.47 Å². The van der Waals surface area contributed by atoms with Crippen LogP contribution in [-0.4, -0.2) is 51.2 Å². The molecule has 0 spiro atoms. The number of pyridine rings is 1. The van der Waals surface area contributed by atoms with Crippen molar-refractivity contribution in [1.82, 2.24) is 19.4 Å². The lowest BCUT2D eigenvalue weighted by Crippen LogP contribution is -2.33. The van der Waals surface area contributed by atoms with Gasteiger partial charge in [0.15, 0.2) is 0 Å². The molecule has 2 aromatic heterocycles. The average Bonchev–Trinajstić information content (AvgIpc) is 3.13. The maximum atomic E-state index is 10.9. The smallest absolute Gasteiger partial charge is 0.414 e. The van der Waals surface area contributed by atoms with E-state index in [0.29, 0.717) is 25.0 Å². The second kappa shape index (κ2) is 8.27. The Balaban J connectivity index is 1.43. The number of hydrogen-bond donors (Lipinski definition) is 0. The zero-order valence-electron chi connectivity index (χ0n) is 16.0. The molecule has 0 fully saturated rings. The maximum absolute atomic E-state index is 10.9. The van der Waals surface area contributed by atoms with Gasteiger partial charge < -0.3 is 19.6 Å². The SMILES string of the molecule is COc1ncccc1-c1ccc(CN2CCOc3nc([N+](=O)[O-])cn3CC2)cc1. The fourth-order valence-electron chi connectivity index (χ4n) is 3.36. The number of imidazole rings is 1. The molecular weight excluding hydrogens is 374 g/mol. The standard InChI is InChI=1S/C20H21N5O4/c1-28-19-17(3-2-8-21-19)16-6-4-15(5-7-16)13-23-9-10-24-14-18(25(26)27)22-20(24)29-12-11-23/h2-8,14H,9-13H2,1H3. The lowest BCUT2D eigenvalue weighted by atomic mass is 10.0. The Hall–Kier alpha value is -3.46. The van der Waals surface area contributed by atoms with Crippen LogP contribution in [0.4, 0.5) is 5.82 Å². The molecule has 9 heteroatoms. The summed E-state index contributed by atoms with van der Waals surface area (Å²) < 4.78 is 12.7. The van der Waals surface area contributed by atoms with Crippen LogP contribution in [0.15, 0.2) is 48.8 Å². The third-order valence-electron chi connectivity index (χ3n) is 4.85. The molecule has 150 valence electrons. The molecule has 3 heterocycles. The minimum atomic E-state index is -0.502. The van der Waals surface area contributed by atoms with E-state index in [2.05, 4.69) is 39.1 Å². The van der Waals surface area contributed by atoms with Crippen molar-refractivity contribution in [3.63, 3.8) is 0 Å². The Kier molecular flexibility index (Phi) is 5.39. The Morgan fingerprint density at radius 3 is 2.79 bits per heavy atom. The number of fused-ring (bicyclic) bond motifs is 1. The van der Waals surface area contributed by atoms with Crippen LogP contribution in [0.1, 0.15) is 5.56 Å². The van der Waals surface area contributed by atoms with E-state index in [1.165, 1.54) is 11.8 Å². The summed E-state index contributed by atoms with van der Waals surface area (Å²) in [6.07, 6.45) is 3.13. The van der Waals surface area contributed by atoms with E-state index in [-0.39, 0.29) is 5.82 Å². The van der Waals surface area contributed by atoms with Crippen LogP contribution in [0.5, 0.6) is 11.9 Å². The largest absolute Gasteiger partial charge is 0.481 e. The van der Waals surface area contributed by atoms with Crippen molar-refractivity contribution in [2.75, 3.05) is 26.8 Å². The highest BCUT2D eigenvalue weighted by molar-refractivity contribution is 5.68. The monoisotopic (exact) mass is 395 g/mol. The van der Waals surface area contributed by atoms with Gasteiger partial charge in [0.2, 0.25) is 5.88 Å². The van der Waals surface area contributed by atoms with Crippen molar-refractivity contribution in [1.29, 1.82) is 0 Å². The minimum absolute atomic E-state index is 0.185. The summed E-state index contributed by atoms with van der Waals surface area (Å²) in [5, 5.41) is 10.9. The van der Waals surface area contributed by atoms with Gasteiger partial charge >= 0.3 is 11.8 Å². The van der Waals surface area contributed by atoms with Gasteiger partial charge in [-0.25, -0.2) is 4.98 Å². The normalized spacial score (nSPS) is 14.4. The predicted octanol–water partition coefficient (Wildman–Crippen LogP) is 2.76. The van der Waals surface area contributed by atoms with E-state index < -0.39 is 4.92 Å². The summed E-state index contributed by atoms with van der Waals surface area (Å²) in [6, 6.07) is 12.5. The molecule has 0 atom stereocenters. The van der Waals surface area contributed by atoms with Gasteiger partial charge in [0, 0.05) is 42.9 Å². The highest BCUT2D eigenvalue weighted by Gasteiger charge is 2.22. The zero-order valence-corrected chi connectivity index (χ0v) is 16.0. The van der Waals surface area contributed by atoms with Crippen molar-refractivity contribution in [3.8, 4) is 23.0 Å². The first kappa shape index (κ1) is 18.9. The summed E-state index contributed by atoms with van der Waals surface area (Å²) >= 11 is 0. The maximum Gasteiger partial charge on any atom is 0.414 e. The van der Waals surface area contributed by atoms with Gasteiger partial charge in [0.1, 0.15) is 12.8 Å². The third-order valence-corrected chi connectivity index (χ3v) is 4.85. The number of methoxy groups -OCH3 is 1. The summed E-state index contributed by atoms with van der Waals surface area (Å²) in [5.74, 6) is 0.418. The van der Waals surface area contributed by atoms with Crippen molar-refractivity contribution in [2.24, 2.45) is 0 Å². The van der Waals surface area contributed by atoms with Gasteiger partial charge in [-0.15, -0.1) is 0 Å². The molecule has 0 bridgehead atoms. The van der Waals surface area contributed by atoms with Crippen LogP contribution < -0.4 is 9.47 Å². The predicted molar refractivity (Wildman–Crippen MR) is 106 cm³/mol. The van der Waals surface area contributed by atoms with Crippen molar-refractivity contribution < 1.29 is 14.4 Å². The number of rotatable bonds is 5. The molecule has 0 amide bonds. The Bertz CT molecular complexity index is 1000. The van der Waals surface area contributed by atoms with Gasteiger partial charge in [0.25, 0.3) is 0 Å². The van der Waals surface area contributed by atoms with Gasteiger partial charge in [0.05, 0.1) is 7.11 Å². The van der Waals surface area contributed by atoms with Crippen molar-refractivity contribution in [2.45, 2.75) is 13.1 Å². The minimum Gasteiger partial charge on any atom is -0.481 e. The molecule has 29 heavy (non-hydrogen) atoms. The fraction of sp³-hybridized carbons (Fsp3) is 0.300. The third kappa shape index (κ3) is 4.19. The molecule has 4 rings (SSSR count). The second-order valence-corrected chi connectivity index (χ2v) is 6.71. The van der Waals surface area contributed by atoms with Crippen LogP contribution in [0.3, 0.4) is 0 Å². The molecule has 1 aromatic carbocycles. The summed E-state index contributed by atoms with van der Waals surface area (Å²) in [6.45, 7) is 3.25. The molecule has 0 saturated heterocycles. The van der Waals surface area contributed by atoms with E-state index >= 15 is 0 Å². The molecule has 9 nitrogen and oxygen atoms in total. The number of benzene rings is 1. The molecule has 3 aromatic rings. The van der Waals surface area contributed by atoms with Crippen LogP contribution in [0.25, 0.3) is 11.1 Å². The second-order valence-electron chi connectivity index (χ2n) is 6.71. The lowest BCUT2D eigenvalue weighted by molar-refractivity contribution is -0.389. The highest BCUT2D eigenvalue weighted by Crippen LogP contribution is 2.28. The molecule has 1 aliphatic heterocycles. The van der Waals surface area contributed by atoms with Crippen molar-refractivity contribution >= 4 is 5.82 Å². The van der Waals surface area contributed by atoms with Crippen molar-refractivity contribution in [3.05, 3.63) is 64.5 Å². The Morgan fingerprint density at radius 2 is 2.03 bits per heavy atom. The zero-order chi connectivity index (χ0) is 20.2. The highest BCUT2D eigenvalue weighted by atomic mass is 16.6. The lowest BCUT2D eigenvalue weighted by Gasteiger charge is -2.24. The first-order valence-corrected chi connectivity index (χ1v) is 9.29. The topological polar surface area (TPSA) is 95.6 Å². The van der Waals surface area contributed by atoms with E-state index in [4.69, 9.17) is 9.47 Å². The molecule has 0 aliphatic carbocycles. The molecule has 0 unspecified atom stereocenters. The number of nitro groups is 1. The van der Waals surface area contributed by atoms with E-state index in [1.807, 2.05) is 12.1 Å².